The summed E-state index contributed by atoms with van der Waals surface area (Å²) in [6, 6.07) is 0. The van der Waals surface area contributed by atoms with Crippen molar-refractivity contribution in [1.82, 2.24) is 74.5 Å². The summed E-state index contributed by atoms with van der Waals surface area (Å²) < 4.78 is 189. The number of carbonyl (C=O) groups is 6. The second-order valence-electron chi connectivity index (χ2n) is 30.3. The number of imidazole rings is 3. The number of rotatable bonds is 33. The summed E-state index contributed by atoms with van der Waals surface area (Å²) in [7, 11) is -8.32. The first-order valence-corrected chi connectivity index (χ1v) is 45.9. The number of halogens is 3. The molecule has 123 heavy (non-hydrogen) atoms. The molecule has 9 N–H and O–H groups in total. The van der Waals surface area contributed by atoms with Gasteiger partial charge in [-0.3, -0.25) is 68.8 Å². The molecule has 0 saturated carbocycles. The van der Waals surface area contributed by atoms with Crippen LogP contribution in [0.25, 0.3) is 33.5 Å². The van der Waals surface area contributed by atoms with Crippen LogP contribution < -0.4 is 47.4 Å². The number of alkyl halides is 3. The number of fused-ring (bicyclic) bond motifs is 6. The van der Waals surface area contributed by atoms with Crippen molar-refractivity contribution in [1.29, 1.82) is 0 Å². The van der Waals surface area contributed by atoms with Gasteiger partial charge in [0.2, 0.25) is 35.5 Å². The van der Waals surface area contributed by atoms with E-state index in [0.717, 1.165) is 35.3 Å². The van der Waals surface area contributed by atoms with E-state index in [4.69, 9.17) is 101 Å². The van der Waals surface area contributed by atoms with Crippen LogP contribution in [-0.4, -0.2) is 263 Å². The molecule has 3 amide bonds. The summed E-state index contributed by atoms with van der Waals surface area (Å²) in [5.41, 5.74) is 9.77. The number of amides is 3. The van der Waals surface area contributed by atoms with Crippen molar-refractivity contribution in [3.05, 3.63) is 19.0 Å². The molecule has 12 heterocycles. The minimum atomic E-state index is -4.17. The van der Waals surface area contributed by atoms with E-state index in [1.54, 1.807) is 62.3 Å². The first-order valence-electron chi connectivity index (χ1n) is 38.5. The van der Waals surface area contributed by atoms with E-state index < -0.39 is 130 Å². The summed E-state index contributed by atoms with van der Waals surface area (Å²) >= 11 is 2.94. The van der Waals surface area contributed by atoms with E-state index >= 15 is 13.2 Å². The van der Waals surface area contributed by atoms with Crippen molar-refractivity contribution < 1.29 is 139 Å². The predicted molar refractivity (Wildman–Crippen MR) is 435 cm³/mol. The maximum absolute atomic E-state index is 16.2. The van der Waals surface area contributed by atoms with E-state index in [1.807, 2.05) is 0 Å². The number of phosphoric ester groups is 3. The molecular weight excluding hydrogens is 1760 g/mol. The zero-order valence-electron chi connectivity index (χ0n) is 70.0. The molecule has 6 aromatic rings. The molecule has 0 radical (unpaired) electrons. The number of nitrogens with one attached hydrogen (secondary N) is 3. The number of aromatic nitrogens is 12. The largest absolute Gasteiger partial charge is 0.479 e. The third-order valence-corrected chi connectivity index (χ3v) is 27.7. The minimum Gasteiger partial charge on any atom is -0.479 e. The normalized spacial score (nSPS) is 27.9. The highest BCUT2D eigenvalue weighted by molar-refractivity contribution is 8.14. The van der Waals surface area contributed by atoms with Gasteiger partial charge in [-0.2, -0.15) is 29.9 Å². The van der Waals surface area contributed by atoms with Crippen molar-refractivity contribution >= 4 is 144 Å². The number of carbonyl (C=O) groups excluding carboxylic acids is 6. The summed E-state index contributed by atoms with van der Waals surface area (Å²) in [5, 5.41) is 7.31. The van der Waals surface area contributed by atoms with Crippen LogP contribution in [0, 0.1) is 16.2 Å². The summed E-state index contributed by atoms with van der Waals surface area (Å²) in [6.07, 6.45) is -6.94. The highest BCUT2D eigenvalue weighted by atomic mass is 32.2. The van der Waals surface area contributed by atoms with Gasteiger partial charge in [0.1, 0.15) is 36.6 Å². The second-order valence-corrected chi connectivity index (χ2v) is 38.4. The second kappa shape index (κ2) is 40.5. The Hall–Kier alpha value is -7.68. The number of ether oxygens (including phenoxy) is 9. The molecule has 684 valence electrons. The number of thioether (sulfide) groups is 3. The first kappa shape index (κ1) is 97.5. The van der Waals surface area contributed by atoms with Gasteiger partial charge >= 0.3 is 41.7 Å². The first-order chi connectivity index (χ1) is 57.9. The molecule has 1 unspecified atom stereocenters. The Kier molecular flexibility index (Phi) is 32.1. The quantitative estimate of drug-likeness (QED) is 0.0127. The topological polar surface area (TPSA) is 565 Å². The van der Waals surface area contributed by atoms with E-state index in [1.165, 1.54) is 74.8 Å². The lowest BCUT2D eigenvalue weighted by atomic mass is 9.91. The fourth-order valence-electron chi connectivity index (χ4n) is 13.1. The monoisotopic (exact) mass is 1860 g/mol. The highest BCUT2D eigenvalue weighted by Crippen LogP contribution is 2.63. The molecule has 15 atom stereocenters. The minimum absolute atomic E-state index is 0.0994. The number of hydrogen-bond donors (Lipinski definition) is 6. The molecule has 0 aliphatic carbocycles. The number of methoxy groups -OCH3 is 3. The average molecular weight is 1860 g/mol. The lowest BCUT2D eigenvalue weighted by Gasteiger charge is -2.33. The average Bonchev–Trinajstić information content (AvgIpc) is 1.59. The van der Waals surface area contributed by atoms with Gasteiger partial charge in [-0.1, -0.05) is 76.8 Å². The van der Waals surface area contributed by atoms with Crippen LogP contribution in [0.1, 0.15) is 121 Å². The maximum atomic E-state index is 16.2. The number of nitrogens with two attached hydrogens (primary N) is 3. The number of nitrogens with zero attached hydrogens (tertiary/aromatic N) is 12. The number of anilines is 3. The maximum Gasteiger partial charge on any atom is 0.475 e. The Labute approximate surface area is 716 Å². The predicted octanol–water partition coefficient (Wildman–Crippen LogP) is 9.02. The van der Waals surface area contributed by atoms with Crippen LogP contribution in [0.3, 0.4) is 0 Å². The molecule has 6 aliphatic heterocycles. The Balaban J connectivity index is 0.000000193. The third kappa shape index (κ3) is 23.0. The molecule has 6 aliphatic rings. The Bertz CT molecular complexity index is 4450. The Morgan fingerprint density at radius 1 is 0.463 bits per heavy atom. The highest BCUT2D eigenvalue weighted by Gasteiger charge is 2.65. The van der Waals surface area contributed by atoms with E-state index in [2.05, 4.69) is 60.8 Å². The van der Waals surface area contributed by atoms with Gasteiger partial charge in [0.05, 0.1) is 99.8 Å². The molecule has 12 rings (SSSR count). The Morgan fingerprint density at radius 3 is 0.951 bits per heavy atom. The zero-order chi connectivity index (χ0) is 90.0. The van der Waals surface area contributed by atoms with Gasteiger partial charge in [0.25, 0.3) is 0 Å². The van der Waals surface area contributed by atoms with Crippen molar-refractivity contribution in [2.24, 2.45) is 16.2 Å². The molecule has 54 heteroatoms. The number of hydrogen-bond acceptors (Lipinski definition) is 42. The molecule has 0 aromatic carbocycles. The van der Waals surface area contributed by atoms with Crippen LogP contribution in [0.15, 0.2) is 19.0 Å². The van der Waals surface area contributed by atoms with Gasteiger partial charge in [0, 0.05) is 53.1 Å². The Morgan fingerprint density at radius 2 is 0.715 bits per heavy atom. The van der Waals surface area contributed by atoms with Crippen LogP contribution in [0.5, 0.6) is 17.6 Å². The fourth-order valence-corrected chi connectivity index (χ4v) is 20.4. The van der Waals surface area contributed by atoms with Gasteiger partial charge in [-0.05, 0) is 60.8 Å². The standard InChI is InChI=1S/3C23H34FN6O9PS/c3*1-6-35-21(32)26-8-7-22(2,3)19(31)41-10-9-36-40(33)37-11-13-15(39-40)23(4,24)18(38-13)30-12-27-14-16(30)28-20(25)29-17(14)34-5/h3*12-13,15,18H,6-11H2,1-5H3,(H,26,32)(H2,25,28,29)/t13-,15-,18-,23-,40?;13-,15-,18-,23-,40+;13-,15-,18-,23-,40-/m111/s1. The summed E-state index contributed by atoms with van der Waals surface area (Å²) in [5.74, 6) is 0.498. The fraction of sp³-hybridized carbons (Fsp3) is 0.696. The third-order valence-electron chi connectivity index (χ3n) is 19.8. The summed E-state index contributed by atoms with van der Waals surface area (Å²) in [4.78, 5) is 109. The molecule has 6 saturated heterocycles. The van der Waals surface area contributed by atoms with Gasteiger partial charge in [-0.25, -0.2) is 56.2 Å². The van der Waals surface area contributed by atoms with Crippen molar-refractivity contribution in [2.75, 3.05) is 135 Å². The molecule has 45 nitrogen and oxygen atoms in total. The van der Waals surface area contributed by atoms with Crippen LogP contribution in [0.4, 0.5) is 45.4 Å². The lowest BCUT2D eigenvalue weighted by molar-refractivity contribution is -0.119. The molecule has 6 fully saturated rings. The van der Waals surface area contributed by atoms with Crippen LogP contribution in [0.2, 0.25) is 0 Å². The summed E-state index contributed by atoms with van der Waals surface area (Å²) in [6.45, 7) is 19.7. The van der Waals surface area contributed by atoms with Crippen molar-refractivity contribution in [3.8, 4) is 17.6 Å². The van der Waals surface area contributed by atoms with Crippen LogP contribution in [-0.2, 0) is 97.2 Å². The molecule has 0 spiro atoms. The van der Waals surface area contributed by atoms with E-state index in [-0.39, 0.29) is 181 Å². The SMILES string of the molecule is CCOC(=O)NCCC(C)(C)C(=O)SCCOP1(=O)OC[C@H]2O[C@@H](n3cnc4c(OC)nc(N)nc43)[C@](C)(F)[C@@H]2O1.CCOC(=O)NCCC(C)(C)C(=O)SCCO[P@@]1(=O)OC[C@H]2O[C@@H](n3cnc4c(OC)nc(N)nc43)[C@](C)(F)[C@@H]2O1.CCOC(=O)NCCC(C)(C)C(=O)SCCO[P@]1(=O)OC[C@H]2O[C@@H](n3cnc4c(OC)nc(N)nc43)[C@](C)(F)[C@@H]2O1. The molecular formula is C69H102F3N18O27P3S3. The van der Waals surface area contributed by atoms with Gasteiger partial charge in [-0.15, -0.1) is 0 Å². The van der Waals surface area contributed by atoms with Gasteiger partial charge < -0.3 is 75.8 Å². The van der Waals surface area contributed by atoms with E-state index in [0.29, 0.717) is 19.3 Å². The zero-order valence-corrected chi connectivity index (χ0v) is 75.1. The molecule has 0 bridgehead atoms. The smallest absolute Gasteiger partial charge is 0.475 e. The number of phosphoric acid groups is 3. The number of alkyl carbamates (subject to hydrolysis) is 3. The van der Waals surface area contributed by atoms with E-state index in [9.17, 15) is 42.5 Å². The molecule has 6 aromatic heterocycles. The van der Waals surface area contributed by atoms with Crippen LogP contribution >= 0.6 is 58.8 Å². The van der Waals surface area contributed by atoms with Crippen molar-refractivity contribution in [2.45, 2.75) is 175 Å². The lowest BCUT2D eigenvalue weighted by Crippen LogP contribution is -2.44. The van der Waals surface area contributed by atoms with Crippen molar-refractivity contribution in [3.63, 3.8) is 0 Å². The van der Waals surface area contributed by atoms with Gasteiger partial charge in [0.15, 0.2) is 84.5 Å². The number of nitrogen functional groups attached to an aromatic ring is 3.